The maximum atomic E-state index is 13.0. The Kier molecular flexibility index (Phi) is 5.68. The molecule has 7 heteroatoms. The second-order valence-electron chi connectivity index (χ2n) is 6.46. The maximum absolute atomic E-state index is 13.0. The van der Waals surface area contributed by atoms with Gasteiger partial charge in [-0.25, -0.2) is 4.39 Å². The molecule has 26 heavy (non-hydrogen) atoms. The zero-order valence-corrected chi connectivity index (χ0v) is 14.7. The first-order chi connectivity index (χ1) is 12.5. The standard InChI is InChI=1S/C19H22FN3O3/c1-26-19-12-17(23(24)25)6-7-18(19)21-16-8-10-22(11-9-16)13-14-2-4-15(20)5-3-14/h2-7,12,16,21H,8-11,13H2,1H3. The van der Waals surface area contributed by atoms with E-state index in [-0.39, 0.29) is 17.5 Å². The molecular formula is C19H22FN3O3. The monoisotopic (exact) mass is 359 g/mol. The van der Waals surface area contributed by atoms with Gasteiger partial charge in [0.2, 0.25) is 0 Å². The van der Waals surface area contributed by atoms with Crippen LogP contribution in [0.15, 0.2) is 42.5 Å². The first kappa shape index (κ1) is 18.1. The molecule has 0 spiro atoms. The van der Waals surface area contributed by atoms with Gasteiger partial charge in [-0.15, -0.1) is 0 Å². The second-order valence-corrected chi connectivity index (χ2v) is 6.46. The quantitative estimate of drug-likeness (QED) is 0.627. The second kappa shape index (κ2) is 8.14. The predicted octanol–water partition coefficient (Wildman–Crippen LogP) is 3.82. The minimum atomic E-state index is -0.430. The average molecular weight is 359 g/mol. The summed E-state index contributed by atoms with van der Waals surface area (Å²) in [5, 5.41) is 14.3. The Balaban J connectivity index is 1.55. The molecule has 1 saturated heterocycles. The van der Waals surface area contributed by atoms with Gasteiger partial charge in [0.05, 0.1) is 23.8 Å². The third-order valence-corrected chi connectivity index (χ3v) is 4.66. The molecule has 2 aromatic carbocycles. The number of piperidine rings is 1. The fraction of sp³-hybridized carbons (Fsp3) is 0.368. The number of nitro groups is 1. The van der Waals surface area contributed by atoms with E-state index >= 15 is 0 Å². The van der Waals surface area contributed by atoms with Crippen molar-refractivity contribution in [2.24, 2.45) is 0 Å². The molecule has 1 N–H and O–H groups in total. The summed E-state index contributed by atoms with van der Waals surface area (Å²) in [6.45, 7) is 2.68. The number of rotatable bonds is 6. The first-order valence-corrected chi connectivity index (χ1v) is 8.61. The van der Waals surface area contributed by atoms with Crippen molar-refractivity contribution in [1.82, 2.24) is 4.90 Å². The largest absolute Gasteiger partial charge is 0.494 e. The topological polar surface area (TPSA) is 67.6 Å². The molecule has 0 aliphatic carbocycles. The van der Waals surface area contributed by atoms with Crippen LogP contribution in [0.5, 0.6) is 5.75 Å². The summed E-state index contributed by atoms with van der Waals surface area (Å²) >= 11 is 0. The van der Waals surface area contributed by atoms with E-state index in [1.165, 1.54) is 31.4 Å². The number of hydrogen-bond donors (Lipinski definition) is 1. The van der Waals surface area contributed by atoms with Gasteiger partial charge in [-0.3, -0.25) is 15.0 Å². The zero-order valence-electron chi connectivity index (χ0n) is 14.7. The number of hydrogen-bond acceptors (Lipinski definition) is 5. The molecule has 1 heterocycles. The summed E-state index contributed by atoms with van der Waals surface area (Å²) in [7, 11) is 1.51. The lowest BCUT2D eigenvalue weighted by Gasteiger charge is -2.33. The van der Waals surface area contributed by atoms with Crippen molar-refractivity contribution >= 4 is 11.4 Å². The summed E-state index contributed by atoms with van der Waals surface area (Å²) in [4.78, 5) is 12.8. The van der Waals surface area contributed by atoms with Gasteiger partial charge >= 0.3 is 0 Å². The number of likely N-dealkylation sites (tertiary alicyclic amines) is 1. The van der Waals surface area contributed by atoms with E-state index in [4.69, 9.17) is 4.74 Å². The normalized spacial score (nSPS) is 15.6. The Hall–Kier alpha value is -2.67. The summed E-state index contributed by atoms with van der Waals surface area (Å²) in [5.74, 6) is 0.265. The number of halogens is 1. The molecule has 1 fully saturated rings. The van der Waals surface area contributed by atoms with Crippen LogP contribution in [0.2, 0.25) is 0 Å². The molecule has 1 aliphatic heterocycles. The highest BCUT2D eigenvalue weighted by Crippen LogP contribution is 2.30. The average Bonchev–Trinajstić information content (AvgIpc) is 2.65. The van der Waals surface area contributed by atoms with Crippen molar-refractivity contribution in [3.63, 3.8) is 0 Å². The highest BCUT2D eigenvalue weighted by Gasteiger charge is 2.21. The van der Waals surface area contributed by atoms with Gasteiger partial charge in [0.25, 0.3) is 5.69 Å². The Morgan fingerprint density at radius 3 is 2.54 bits per heavy atom. The first-order valence-electron chi connectivity index (χ1n) is 8.61. The van der Waals surface area contributed by atoms with Crippen molar-refractivity contribution in [2.75, 3.05) is 25.5 Å². The Morgan fingerprint density at radius 2 is 1.92 bits per heavy atom. The van der Waals surface area contributed by atoms with Crippen LogP contribution >= 0.6 is 0 Å². The van der Waals surface area contributed by atoms with E-state index in [1.54, 1.807) is 6.07 Å². The molecular weight excluding hydrogens is 337 g/mol. The molecule has 0 radical (unpaired) electrons. The minimum absolute atomic E-state index is 0.0153. The van der Waals surface area contributed by atoms with E-state index in [2.05, 4.69) is 10.2 Å². The number of nitrogens with zero attached hydrogens (tertiary/aromatic N) is 2. The highest BCUT2D eigenvalue weighted by atomic mass is 19.1. The van der Waals surface area contributed by atoms with Crippen LogP contribution in [0, 0.1) is 15.9 Å². The van der Waals surface area contributed by atoms with Crippen molar-refractivity contribution in [1.29, 1.82) is 0 Å². The Bertz CT molecular complexity index is 759. The zero-order chi connectivity index (χ0) is 18.5. The number of anilines is 1. The number of nitro benzene ring substituents is 1. The molecule has 0 saturated carbocycles. The fourth-order valence-electron chi connectivity index (χ4n) is 3.22. The van der Waals surface area contributed by atoms with Gasteiger partial charge in [0, 0.05) is 31.7 Å². The van der Waals surface area contributed by atoms with Crippen LogP contribution in [0.25, 0.3) is 0 Å². The van der Waals surface area contributed by atoms with Crippen molar-refractivity contribution < 1.29 is 14.1 Å². The summed E-state index contributed by atoms with van der Waals surface area (Å²) in [5.41, 5.74) is 1.89. The molecule has 0 amide bonds. The van der Waals surface area contributed by atoms with E-state index in [9.17, 15) is 14.5 Å². The van der Waals surface area contributed by atoms with Gasteiger partial charge in [-0.1, -0.05) is 12.1 Å². The summed E-state index contributed by atoms with van der Waals surface area (Å²) in [6.07, 6.45) is 1.92. The van der Waals surface area contributed by atoms with Crippen LogP contribution in [-0.2, 0) is 6.54 Å². The molecule has 0 bridgehead atoms. The highest BCUT2D eigenvalue weighted by molar-refractivity contribution is 5.61. The van der Waals surface area contributed by atoms with Crippen molar-refractivity contribution in [3.05, 3.63) is 64.0 Å². The number of non-ortho nitro benzene ring substituents is 1. The summed E-state index contributed by atoms with van der Waals surface area (Å²) in [6, 6.07) is 11.5. The maximum Gasteiger partial charge on any atom is 0.273 e. The van der Waals surface area contributed by atoms with Crippen LogP contribution in [-0.4, -0.2) is 36.1 Å². The van der Waals surface area contributed by atoms with Gasteiger partial charge in [-0.05, 0) is 36.6 Å². The van der Waals surface area contributed by atoms with Crippen LogP contribution in [0.4, 0.5) is 15.8 Å². The van der Waals surface area contributed by atoms with Gasteiger partial charge < -0.3 is 10.1 Å². The molecule has 0 unspecified atom stereocenters. The smallest absolute Gasteiger partial charge is 0.273 e. The Morgan fingerprint density at radius 1 is 1.23 bits per heavy atom. The van der Waals surface area contributed by atoms with Crippen molar-refractivity contribution in [3.8, 4) is 5.75 Å². The lowest BCUT2D eigenvalue weighted by molar-refractivity contribution is -0.384. The Labute approximate surface area is 151 Å². The fourth-order valence-corrected chi connectivity index (χ4v) is 3.22. The van der Waals surface area contributed by atoms with Crippen LogP contribution < -0.4 is 10.1 Å². The SMILES string of the molecule is COc1cc([N+](=O)[O-])ccc1NC1CCN(Cc2ccc(F)cc2)CC1. The van der Waals surface area contributed by atoms with E-state index < -0.39 is 4.92 Å². The molecule has 138 valence electrons. The van der Waals surface area contributed by atoms with Gasteiger partial charge in [0.15, 0.2) is 0 Å². The van der Waals surface area contributed by atoms with Crippen LogP contribution in [0.3, 0.4) is 0 Å². The van der Waals surface area contributed by atoms with Crippen LogP contribution in [0.1, 0.15) is 18.4 Å². The molecule has 2 aromatic rings. The number of benzene rings is 2. The lowest BCUT2D eigenvalue weighted by atomic mass is 10.0. The molecule has 0 aromatic heterocycles. The van der Waals surface area contributed by atoms with E-state index in [0.717, 1.165) is 43.7 Å². The number of nitrogens with one attached hydrogen (secondary N) is 1. The van der Waals surface area contributed by atoms with Gasteiger partial charge in [-0.2, -0.15) is 0 Å². The number of methoxy groups -OCH3 is 1. The molecule has 6 nitrogen and oxygen atoms in total. The van der Waals surface area contributed by atoms with E-state index in [1.807, 2.05) is 12.1 Å². The lowest BCUT2D eigenvalue weighted by Crippen LogP contribution is -2.38. The third kappa shape index (κ3) is 4.49. The molecule has 3 rings (SSSR count). The third-order valence-electron chi connectivity index (χ3n) is 4.66. The number of ether oxygens (including phenoxy) is 1. The molecule has 1 aliphatic rings. The summed E-state index contributed by atoms with van der Waals surface area (Å²) < 4.78 is 18.3. The minimum Gasteiger partial charge on any atom is -0.494 e. The van der Waals surface area contributed by atoms with Gasteiger partial charge in [0.1, 0.15) is 11.6 Å². The van der Waals surface area contributed by atoms with E-state index in [0.29, 0.717) is 5.75 Å². The molecule has 0 atom stereocenters. The predicted molar refractivity (Wildman–Crippen MR) is 98.0 cm³/mol. The van der Waals surface area contributed by atoms with Crippen molar-refractivity contribution in [2.45, 2.75) is 25.4 Å².